The van der Waals surface area contributed by atoms with Crippen LogP contribution in [0.2, 0.25) is 10.0 Å². The fourth-order valence-corrected chi connectivity index (χ4v) is 8.19. The lowest BCUT2D eigenvalue weighted by atomic mass is 9.70. The van der Waals surface area contributed by atoms with Gasteiger partial charge in [0, 0.05) is 47.2 Å². The van der Waals surface area contributed by atoms with Crippen LogP contribution in [-0.2, 0) is 21.6 Å². The van der Waals surface area contributed by atoms with Gasteiger partial charge in [-0.25, -0.2) is 14.2 Å². The normalized spacial score (nSPS) is 26.3. The summed E-state index contributed by atoms with van der Waals surface area (Å²) in [7, 11) is 1.35. The number of benzene rings is 3. The average molecular weight is 605 g/mol. The molecule has 3 aliphatic heterocycles. The van der Waals surface area contributed by atoms with Crippen molar-refractivity contribution < 1.29 is 18.7 Å². The summed E-state index contributed by atoms with van der Waals surface area (Å²) in [6.45, 7) is 1.41. The number of fused-ring (bicyclic) bond motifs is 7. The summed E-state index contributed by atoms with van der Waals surface area (Å²) in [6, 6.07) is 15.8. The quantitative estimate of drug-likeness (QED) is 0.270. The zero-order valence-corrected chi connectivity index (χ0v) is 24.3. The van der Waals surface area contributed by atoms with Gasteiger partial charge in [-0.15, -0.1) is 0 Å². The number of nitrogens with zero attached hydrogens (tertiary/aromatic N) is 3. The number of methoxy groups -OCH3 is 1. The van der Waals surface area contributed by atoms with E-state index in [4.69, 9.17) is 32.9 Å². The second-order valence-electron chi connectivity index (χ2n) is 11.8. The Hall–Kier alpha value is -3.46. The molecule has 0 bridgehead atoms. The Labute approximate surface area is 251 Å². The van der Waals surface area contributed by atoms with E-state index in [0.29, 0.717) is 39.8 Å². The van der Waals surface area contributed by atoms with Crippen molar-refractivity contribution in [3.8, 4) is 0 Å². The predicted molar refractivity (Wildman–Crippen MR) is 158 cm³/mol. The smallest absolute Gasteiger partial charge is 0.337 e. The van der Waals surface area contributed by atoms with Gasteiger partial charge < -0.3 is 14.6 Å². The molecule has 4 heterocycles. The van der Waals surface area contributed by atoms with Crippen molar-refractivity contribution >= 4 is 51.8 Å². The van der Waals surface area contributed by atoms with Crippen LogP contribution < -0.4 is 5.32 Å². The molecule has 8 rings (SSSR count). The van der Waals surface area contributed by atoms with Gasteiger partial charge in [-0.05, 0) is 67.1 Å². The third-order valence-corrected chi connectivity index (χ3v) is 10.2. The highest BCUT2D eigenvalue weighted by molar-refractivity contribution is 6.31. The number of anilines is 1. The Morgan fingerprint density at radius 3 is 2.76 bits per heavy atom. The van der Waals surface area contributed by atoms with E-state index in [9.17, 15) is 9.59 Å². The molecule has 0 radical (unpaired) electrons. The number of hydrogen-bond donors (Lipinski definition) is 1. The number of hydrogen-bond acceptors (Lipinski definition) is 5. The van der Waals surface area contributed by atoms with Crippen LogP contribution in [-0.4, -0.2) is 46.0 Å². The van der Waals surface area contributed by atoms with Crippen LogP contribution in [0, 0.1) is 11.7 Å². The van der Waals surface area contributed by atoms with E-state index in [0.717, 1.165) is 42.7 Å². The molecule has 1 spiro atoms. The SMILES string of the molecule is COC(=O)c1ccc2c(c1)nc1n2CC[C@H]2[C@@H]1[C@H](c1cccc(Cl)c1F)[C@]1(C(=O)Nc3cc(Cl)ccc31)N2CC1CC1. The molecule has 4 aromatic rings. The lowest BCUT2D eigenvalue weighted by molar-refractivity contribution is -0.128. The Bertz CT molecular complexity index is 1820. The zero-order chi connectivity index (χ0) is 28.9. The van der Waals surface area contributed by atoms with E-state index in [-0.39, 0.29) is 22.9 Å². The molecule has 214 valence electrons. The van der Waals surface area contributed by atoms with Crippen LogP contribution >= 0.6 is 23.2 Å². The molecule has 1 N–H and O–H groups in total. The fourth-order valence-electron chi connectivity index (χ4n) is 7.84. The Morgan fingerprint density at radius 1 is 1.14 bits per heavy atom. The van der Waals surface area contributed by atoms with E-state index >= 15 is 4.39 Å². The minimum absolute atomic E-state index is 0.0154. The Morgan fingerprint density at radius 2 is 1.98 bits per heavy atom. The number of aromatic nitrogens is 2. The van der Waals surface area contributed by atoms with Crippen molar-refractivity contribution in [3.63, 3.8) is 0 Å². The molecule has 4 atom stereocenters. The molecule has 10 heteroatoms. The third-order valence-electron chi connectivity index (χ3n) is 9.68. The van der Waals surface area contributed by atoms with Gasteiger partial charge in [0.05, 0.1) is 28.7 Å². The van der Waals surface area contributed by atoms with E-state index in [2.05, 4.69) is 14.8 Å². The monoisotopic (exact) mass is 604 g/mol. The second-order valence-corrected chi connectivity index (χ2v) is 12.7. The summed E-state index contributed by atoms with van der Waals surface area (Å²) < 4.78 is 23.3. The highest BCUT2D eigenvalue weighted by Crippen LogP contribution is 2.64. The molecule has 1 aromatic heterocycles. The average Bonchev–Trinajstić information content (AvgIpc) is 3.57. The van der Waals surface area contributed by atoms with E-state index in [1.807, 2.05) is 12.1 Å². The predicted octanol–water partition coefficient (Wildman–Crippen LogP) is 6.48. The van der Waals surface area contributed by atoms with Crippen LogP contribution in [0.3, 0.4) is 0 Å². The van der Waals surface area contributed by atoms with Crippen molar-refractivity contribution in [2.45, 2.75) is 49.2 Å². The first-order valence-electron chi connectivity index (χ1n) is 14.2. The number of aryl methyl sites for hydroxylation is 1. The summed E-state index contributed by atoms with van der Waals surface area (Å²) in [6.07, 6.45) is 2.96. The van der Waals surface area contributed by atoms with Crippen LogP contribution in [0.1, 0.15) is 58.4 Å². The molecule has 7 nitrogen and oxygen atoms in total. The van der Waals surface area contributed by atoms with Crippen LogP contribution in [0.15, 0.2) is 54.6 Å². The molecule has 0 unspecified atom stereocenters. The molecular formula is C32H27Cl2FN4O3. The van der Waals surface area contributed by atoms with Crippen LogP contribution in [0.4, 0.5) is 10.1 Å². The maximum absolute atomic E-state index is 16.2. The lowest BCUT2D eigenvalue weighted by Gasteiger charge is -2.40. The van der Waals surface area contributed by atoms with Gasteiger partial charge in [0.25, 0.3) is 0 Å². The molecule has 2 fully saturated rings. The van der Waals surface area contributed by atoms with Gasteiger partial charge in [0.2, 0.25) is 5.91 Å². The molecule has 1 saturated carbocycles. The number of rotatable bonds is 4. The molecule has 1 saturated heterocycles. The second kappa shape index (κ2) is 9.27. The summed E-state index contributed by atoms with van der Waals surface area (Å²) in [5.41, 5.74) is 2.62. The van der Waals surface area contributed by atoms with Gasteiger partial charge >= 0.3 is 5.97 Å². The summed E-state index contributed by atoms with van der Waals surface area (Å²) in [4.78, 5) is 34.3. The number of carbonyl (C=O) groups excluding carboxylic acids is 2. The minimum Gasteiger partial charge on any atom is -0.465 e. The third kappa shape index (κ3) is 3.52. The van der Waals surface area contributed by atoms with E-state index in [1.165, 1.54) is 13.2 Å². The van der Waals surface area contributed by atoms with Crippen molar-refractivity contribution in [3.05, 3.63) is 93.0 Å². The summed E-state index contributed by atoms with van der Waals surface area (Å²) in [5, 5.41) is 3.65. The molecule has 4 aliphatic rings. The minimum atomic E-state index is -1.19. The van der Waals surface area contributed by atoms with E-state index < -0.39 is 23.2 Å². The summed E-state index contributed by atoms with van der Waals surface area (Å²) >= 11 is 12.8. The standard InChI is InChI=1S/C32H27Cl2FN4O3/c1-42-30(40)17-7-10-24-23(13-17)36-29-26-25(11-12-38(24)29)39(15-16-5-6-16)32(27(26)19-3-2-4-21(34)28(19)35)20-9-8-18(33)14-22(20)37-31(32)41/h2-4,7-10,13-14,16,25-27H,5-6,11-12,15H2,1H3,(H,37,41)/t25-,26+,27-,32+/m0/s1. The van der Waals surface area contributed by atoms with Crippen LogP contribution in [0.5, 0.6) is 0 Å². The first-order chi connectivity index (χ1) is 20.3. The number of esters is 1. The van der Waals surface area contributed by atoms with Gasteiger partial charge in [-0.2, -0.15) is 0 Å². The van der Waals surface area contributed by atoms with Crippen molar-refractivity contribution in [2.75, 3.05) is 19.0 Å². The lowest BCUT2D eigenvalue weighted by Crippen LogP contribution is -2.53. The molecule has 42 heavy (non-hydrogen) atoms. The van der Waals surface area contributed by atoms with Crippen molar-refractivity contribution in [1.82, 2.24) is 14.5 Å². The highest BCUT2D eigenvalue weighted by Gasteiger charge is 2.69. The number of nitrogens with one attached hydrogen (secondary N) is 1. The first-order valence-corrected chi connectivity index (χ1v) is 15.0. The molecule has 3 aromatic carbocycles. The first kappa shape index (κ1) is 26.2. The van der Waals surface area contributed by atoms with Crippen molar-refractivity contribution in [2.24, 2.45) is 5.92 Å². The number of ether oxygens (including phenoxy) is 1. The highest BCUT2D eigenvalue weighted by atomic mass is 35.5. The summed E-state index contributed by atoms with van der Waals surface area (Å²) in [5.74, 6) is -0.849. The number of halogens is 3. The number of likely N-dealkylation sites (tertiary alicyclic amines) is 1. The van der Waals surface area contributed by atoms with Gasteiger partial charge in [0.1, 0.15) is 17.2 Å². The Balaban J connectivity index is 1.42. The maximum atomic E-state index is 16.2. The number of imidazole rings is 1. The van der Waals surface area contributed by atoms with Gasteiger partial charge in [-0.1, -0.05) is 41.4 Å². The number of amides is 1. The topological polar surface area (TPSA) is 76.5 Å². The van der Waals surface area contributed by atoms with E-state index in [1.54, 1.807) is 36.4 Å². The maximum Gasteiger partial charge on any atom is 0.337 e. The fraction of sp³-hybridized carbons (Fsp3) is 0.344. The van der Waals surface area contributed by atoms with Gasteiger partial charge in [-0.3, -0.25) is 9.69 Å². The Kier molecular flexibility index (Phi) is 5.78. The van der Waals surface area contributed by atoms with Crippen LogP contribution in [0.25, 0.3) is 11.0 Å². The number of carbonyl (C=O) groups is 2. The molecular weight excluding hydrogens is 578 g/mol. The largest absolute Gasteiger partial charge is 0.465 e. The molecule has 1 aliphatic carbocycles. The van der Waals surface area contributed by atoms with Crippen molar-refractivity contribution in [1.29, 1.82) is 0 Å². The molecule has 1 amide bonds. The van der Waals surface area contributed by atoms with Gasteiger partial charge in [0.15, 0.2) is 0 Å². The zero-order valence-electron chi connectivity index (χ0n) is 22.7.